The molecule has 2 rings (SSSR count). The first-order valence-corrected chi connectivity index (χ1v) is 8.73. The number of sulfone groups is 1. The minimum Gasteiger partial charge on any atom is -0.493 e. The number of nitrogens with one attached hydrogen (secondary N) is 1. The molecule has 1 aromatic carbocycles. The van der Waals surface area contributed by atoms with Crippen LogP contribution in [0.4, 0.5) is 0 Å². The standard InChI is InChI=1S/C14H18N2O6S/c1-21-12-6-9(2-3-11(12)22-7-13(15)17)14(18)16-10-4-5-23(19,20)8-10/h2-3,6,10H,4-5,7-8H2,1H3,(H2,15,17)(H,16,18)/t10-/m1/s1. The van der Waals surface area contributed by atoms with Crippen LogP contribution in [0.25, 0.3) is 0 Å². The van der Waals surface area contributed by atoms with Crippen LogP contribution in [0, 0.1) is 0 Å². The van der Waals surface area contributed by atoms with E-state index in [2.05, 4.69) is 5.32 Å². The lowest BCUT2D eigenvalue weighted by Gasteiger charge is -2.13. The van der Waals surface area contributed by atoms with Gasteiger partial charge < -0.3 is 20.5 Å². The molecule has 0 aromatic heterocycles. The largest absolute Gasteiger partial charge is 0.493 e. The third-order valence-corrected chi connectivity index (χ3v) is 5.13. The Morgan fingerprint density at radius 3 is 2.65 bits per heavy atom. The molecular weight excluding hydrogens is 324 g/mol. The van der Waals surface area contributed by atoms with Gasteiger partial charge in [0.1, 0.15) is 0 Å². The van der Waals surface area contributed by atoms with Crippen molar-refractivity contribution in [2.45, 2.75) is 12.5 Å². The molecule has 0 radical (unpaired) electrons. The Kier molecular flexibility index (Phi) is 5.09. The van der Waals surface area contributed by atoms with E-state index in [0.717, 1.165) is 0 Å². The minimum atomic E-state index is -3.06. The summed E-state index contributed by atoms with van der Waals surface area (Å²) >= 11 is 0. The van der Waals surface area contributed by atoms with Crippen molar-refractivity contribution in [1.82, 2.24) is 5.32 Å². The number of carbonyl (C=O) groups is 2. The van der Waals surface area contributed by atoms with Gasteiger partial charge in [-0.15, -0.1) is 0 Å². The summed E-state index contributed by atoms with van der Waals surface area (Å²) in [5, 5.41) is 2.68. The zero-order chi connectivity index (χ0) is 17.0. The molecule has 126 valence electrons. The Hall–Kier alpha value is -2.29. The molecule has 9 heteroatoms. The maximum Gasteiger partial charge on any atom is 0.255 e. The number of hydrogen-bond acceptors (Lipinski definition) is 6. The van der Waals surface area contributed by atoms with E-state index in [9.17, 15) is 18.0 Å². The Morgan fingerprint density at radius 1 is 1.35 bits per heavy atom. The molecule has 23 heavy (non-hydrogen) atoms. The number of methoxy groups -OCH3 is 1. The molecule has 0 saturated carbocycles. The number of primary amides is 1. The number of nitrogens with two attached hydrogens (primary N) is 1. The molecule has 1 aliphatic rings. The molecule has 0 unspecified atom stereocenters. The van der Waals surface area contributed by atoms with E-state index in [1.165, 1.54) is 25.3 Å². The predicted octanol–water partition coefficient (Wildman–Crippen LogP) is -0.524. The molecule has 1 heterocycles. The van der Waals surface area contributed by atoms with E-state index < -0.39 is 21.7 Å². The van der Waals surface area contributed by atoms with Gasteiger partial charge in [-0.25, -0.2) is 8.42 Å². The van der Waals surface area contributed by atoms with Crippen molar-refractivity contribution in [3.63, 3.8) is 0 Å². The summed E-state index contributed by atoms with van der Waals surface area (Å²) in [5.41, 5.74) is 5.31. The smallest absolute Gasteiger partial charge is 0.255 e. The van der Waals surface area contributed by atoms with Crippen LogP contribution in [0.1, 0.15) is 16.8 Å². The summed E-state index contributed by atoms with van der Waals surface area (Å²) in [5.74, 6) is -0.427. The minimum absolute atomic E-state index is 0.0460. The molecule has 0 aliphatic carbocycles. The highest BCUT2D eigenvalue weighted by Crippen LogP contribution is 2.28. The molecule has 0 spiro atoms. The molecule has 1 aliphatic heterocycles. The second-order valence-electron chi connectivity index (χ2n) is 5.19. The molecule has 1 atom stereocenters. The topological polar surface area (TPSA) is 125 Å². The van der Waals surface area contributed by atoms with Crippen molar-refractivity contribution in [3.05, 3.63) is 23.8 Å². The van der Waals surface area contributed by atoms with Crippen LogP contribution >= 0.6 is 0 Å². The molecule has 0 bridgehead atoms. The highest BCUT2D eigenvalue weighted by molar-refractivity contribution is 7.91. The summed E-state index contributed by atoms with van der Waals surface area (Å²) in [6, 6.07) is 4.05. The van der Waals surface area contributed by atoms with Crippen LogP contribution in [0.5, 0.6) is 11.5 Å². The molecule has 1 aromatic rings. The van der Waals surface area contributed by atoms with Crippen LogP contribution in [-0.4, -0.2) is 51.5 Å². The summed E-state index contributed by atoms with van der Waals surface area (Å²) < 4.78 is 33.1. The average Bonchev–Trinajstić information content (AvgIpc) is 2.83. The third-order valence-electron chi connectivity index (χ3n) is 3.36. The van der Waals surface area contributed by atoms with Crippen molar-refractivity contribution < 1.29 is 27.5 Å². The monoisotopic (exact) mass is 342 g/mol. The number of hydrogen-bond donors (Lipinski definition) is 2. The van der Waals surface area contributed by atoms with Crippen LogP contribution in [0.2, 0.25) is 0 Å². The van der Waals surface area contributed by atoms with Crippen LogP contribution < -0.4 is 20.5 Å². The molecular formula is C14H18N2O6S. The fraction of sp³-hybridized carbons (Fsp3) is 0.429. The Bertz CT molecular complexity index is 716. The van der Waals surface area contributed by atoms with E-state index in [0.29, 0.717) is 12.0 Å². The second kappa shape index (κ2) is 6.86. The number of benzene rings is 1. The number of rotatable bonds is 6. The lowest BCUT2D eigenvalue weighted by atomic mass is 10.1. The van der Waals surface area contributed by atoms with Crippen LogP contribution in [-0.2, 0) is 14.6 Å². The number of amides is 2. The van der Waals surface area contributed by atoms with E-state index in [1.807, 2.05) is 0 Å². The van der Waals surface area contributed by atoms with Gasteiger partial charge in [-0.05, 0) is 24.6 Å². The average molecular weight is 342 g/mol. The lowest BCUT2D eigenvalue weighted by molar-refractivity contribution is -0.119. The van der Waals surface area contributed by atoms with Gasteiger partial charge in [0.25, 0.3) is 11.8 Å². The number of carbonyl (C=O) groups excluding carboxylic acids is 2. The summed E-state index contributed by atoms with van der Waals surface area (Å²) in [6.45, 7) is -0.304. The van der Waals surface area contributed by atoms with Gasteiger partial charge in [0, 0.05) is 11.6 Å². The fourth-order valence-corrected chi connectivity index (χ4v) is 3.93. The van der Waals surface area contributed by atoms with Gasteiger partial charge in [-0.2, -0.15) is 0 Å². The van der Waals surface area contributed by atoms with E-state index in [-0.39, 0.29) is 35.7 Å². The van der Waals surface area contributed by atoms with Gasteiger partial charge in [0.05, 0.1) is 18.6 Å². The maximum absolute atomic E-state index is 12.2. The van der Waals surface area contributed by atoms with E-state index in [4.69, 9.17) is 15.2 Å². The van der Waals surface area contributed by atoms with Crippen LogP contribution in [0.15, 0.2) is 18.2 Å². The zero-order valence-electron chi connectivity index (χ0n) is 12.6. The second-order valence-corrected chi connectivity index (χ2v) is 7.42. The fourth-order valence-electron chi connectivity index (χ4n) is 2.25. The van der Waals surface area contributed by atoms with E-state index in [1.54, 1.807) is 0 Å². The van der Waals surface area contributed by atoms with Gasteiger partial charge in [0.15, 0.2) is 27.9 Å². The van der Waals surface area contributed by atoms with Gasteiger partial charge >= 0.3 is 0 Å². The summed E-state index contributed by atoms with van der Waals surface area (Å²) in [4.78, 5) is 22.9. The van der Waals surface area contributed by atoms with Gasteiger partial charge in [-0.3, -0.25) is 9.59 Å². The first-order chi connectivity index (χ1) is 10.8. The van der Waals surface area contributed by atoms with Crippen molar-refractivity contribution in [2.75, 3.05) is 25.2 Å². The highest BCUT2D eigenvalue weighted by atomic mass is 32.2. The Balaban J connectivity index is 2.07. The first kappa shape index (κ1) is 17.1. The van der Waals surface area contributed by atoms with Crippen molar-refractivity contribution in [1.29, 1.82) is 0 Å². The highest BCUT2D eigenvalue weighted by Gasteiger charge is 2.29. The SMILES string of the molecule is COc1cc(C(=O)N[C@@H]2CCS(=O)(=O)C2)ccc1OCC(N)=O. The first-order valence-electron chi connectivity index (χ1n) is 6.91. The van der Waals surface area contributed by atoms with Gasteiger partial charge in [0.2, 0.25) is 0 Å². The Labute approximate surface area is 133 Å². The number of ether oxygens (including phenoxy) is 2. The molecule has 1 saturated heterocycles. The van der Waals surface area contributed by atoms with E-state index >= 15 is 0 Å². The predicted molar refractivity (Wildman–Crippen MR) is 82.2 cm³/mol. The summed E-state index contributed by atoms with van der Waals surface area (Å²) in [7, 11) is -1.66. The van der Waals surface area contributed by atoms with Crippen molar-refractivity contribution >= 4 is 21.7 Å². The molecule has 1 fully saturated rings. The van der Waals surface area contributed by atoms with Crippen LogP contribution in [0.3, 0.4) is 0 Å². The van der Waals surface area contributed by atoms with Crippen molar-refractivity contribution in [2.24, 2.45) is 5.73 Å². The Morgan fingerprint density at radius 2 is 2.09 bits per heavy atom. The van der Waals surface area contributed by atoms with Crippen molar-refractivity contribution in [3.8, 4) is 11.5 Å². The quantitative estimate of drug-likeness (QED) is 0.716. The molecule has 8 nitrogen and oxygen atoms in total. The molecule has 2 amide bonds. The zero-order valence-corrected chi connectivity index (χ0v) is 13.4. The van der Waals surface area contributed by atoms with Gasteiger partial charge in [-0.1, -0.05) is 0 Å². The maximum atomic E-state index is 12.2. The lowest BCUT2D eigenvalue weighted by Crippen LogP contribution is -2.35. The third kappa shape index (κ3) is 4.59. The normalized spacial score (nSPS) is 19.1. The molecule has 3 N–H and O–H groups in total. The summed E-state index contributed by atoms with van der Waals surface area (Å²) in [6.07, 6.45) is 0.408.